The Kier molecular flexibility index (Phi) is 4.34. The molecule has 0 saturated carbocycles. The highest BCUT2D eigenvalue weighted by Crippen LogP contribution is 2.29. The van der Waals surface area contributed by atoms with Gasteiger partial charge in [-0.3, -0.25) is 0 Å². The Morgan fingerprint density at radius 2 is 2.10 bits per heavy atom. The van der Waals surface area contributed by atoms with E-state index in [0.717, 1.165) is 0 Å². The molecule has 5 nitrogen and oxygen atoms in total. The lowest BCUT2D eigenvalue weighted by Gasteiger charge is -2.05. The summed E-state index contributed by atoms with van der Waals surface area (Å²) in [4.78, 5) is 23.6. The number of aromatic hydroxyl groups is 1. The minimum atomic E-state index is -0.775. The standard InChI is InChI=1S/C14H14O5S/c1-3-18-11(15)8-20(2)13-12(16)9-6-4-5-7-10(9)19-14(13)17/h4-7H,3,8H2,1-2H3/p+1. The monoisotopic (exact) mass is 295 g/mol. The van der Waals surface area contributed by atoms with E-state index >= 15 is 0 Å². The van der Waals surface area contributed by atoms with Gasteiger partial charge in [-0.25, -0.2) is 9.59 Å². The van der Waals surface area contributed by atoms with Crippen molar-refractivity contribution in [2.75, 3.05) is 18.6 Å². The highest BCUT2D eigenvalue weighted by Gasteiger charge is 2.31. The third-order valence-electron chi connectivity index (χ3n) is 2.73. The normalized spacial score (nSPS) is 12.3. The van der Waals surface area contributed by atoms with E-state index in [0.29, 0.717) is 11.0 Å². The van der Waals surface area contributed by atoms with Crippen molar-refractivity contribution in [1.82, 2.24) is 0 Å². The first-order chi connectivity index (χ1) is 9.54. The largest absolute Gasteiger partial charge is 0.503 e. The molecule has 1 unspecified atom stereocenters. The fourth-order valence-corrected chi connectivity index (χ4v) is 3.22. The van der Waals surface area contributed by atoms with Gasteiger partial charge in [-0.1, -0.05) is 12.1 Å². The molecule has 0 saturated heterocycles. The first-order valence-corrected chi connectivity index (χ1v) is 7.87. The van der Waals surface area contributed by atoms with Gasteiger partial charge in [0.25, 0.3) is 4.90 Å². The molecule has 20 heavy (non-hydrogen) atoms. The van der Waals surface area contributed by atoms with Gasteiger partial charge in [0.2, 0.25) is 5.75 Å². The molecule has 0 spiro atoms. The van der Waals surface area contributed by atoms with Crippen LogP contribution in [-0.2, 0) is 20.4 Å². The summed E-state index contributed by atoms with van der Waals surface area (Å²) in [5, 5.41) is 10.7. The molecule has 1 heterocycles. The molecule has 0 aliphatic heterocycles. The summed E-state index contributed by atoms with van der Waals surface area (Å²) in [5.41, 5.74) is -0.289. The van der Waals surface area contributed by atoms with Crippen LogP contribution in [0, 0.1) is 0 Å². The van der Waals surface area contributed by atoms with Gasteiger partial charge in [0, 0.05) is 10.9 Å². The Morgan fingerprint density at radius 1 is 1.40 bits per heavy atom. The van der Waals surface area contributed by atoms with Gasteiger partial charge in [-0.2, -0.15) is 0 Å². The molecular weight excluding hydrogens is 280 g/mol. The Labute approximate surface area is 118 Å². The maximum atomic E-state index is 12.0. The van der Waals surface area contributed by atoms with E-state index in [1.54, 1.807) is 37.4 Å². The van der Waals surface area contributed by atoms with Crippen molar-refractivity contribution >= 4 is 27.8 Å². The van der Waals surface area contributed by atoms with Crippen LogP contribution in [0.25, 0.3) is 11.0 Å². The molecule has 106 valence electrons. The molecule has 1 aromatic heterocycles. The third kappa shape index (κ3) is 2.80. The summed E-state index contributed by atoms with van der Waals surface area (Å²) in [7, 11) is -0.775. The number of hydrogen-bond acceptors (Lipinski definition) is 5. The highest BCUT2D eigenvalue weighted by atomic mass is 32.2. The molecule has 1 atom stereocenters. The molecule has 0 bridgehead atoms. The average Bonchev–Trinajstić information content (AvgIpc) is 2.38. The summed E-state index contributed by atoms with van der Waals surface area (Å²) < 4.78 is 10.0. The quantitative estimate of drug-likeness (QED) is 0.527. The molecular formula is C14H15O5S+. The zero-order valence-electron chi connectivity index (χ0n) is 11.2. The second-order valence-electron chi connectivity index (χ2n) is 4.15. The zero-order chi connectivity index (χ0) is 14.7. The first kappa shape index (κ1) is 14.5. The van der Waals surface area contributed by atoms with E-state index < -0.39 is 22.5 Å². The zero-order valence-corrected chi connectivity index (χ0v) is 12.0. The van der Waals surface area contributed by atoms with Gasteiger partial charge in [-0.15, -0.1) is 0 Å². The number of ether oxygens (including phenoxy) is 1. The van der Waals surface area contributed by atoms with E-state index in [1.165, 1.54) is 0 Å². The van der Waals surface area contributed by atoms with Crippen molar-refractivity contribution in [2.24, 2.45) is 0 Å². The Bertz CT molecular complexity index is 692. The van der Waals surface area contributed by atoms with Gasteiger partial charge in [0.15, 0.2) is 5.75 Å². The molecule has 0 fully saturated rings. The van der Waals surface area contributed by atoms with Crippen molar-refractivity contribution in [3.63, 3.8) is 0 Å². The number of benzene rings is 1. The molecule has 0 amide bonds. The van der Waals surface area contributed by atoms with E-state index in [1.807, 2.05) is 0 Å². The van der Waals surface area contributed by atoms with Crippen LogP contribution in [0.15, 0.2) is 38.4 Å². The number of fused-ring (bicyclic) bond motifs is 1. The van der Waals surface area contributed by atoms with Crippen molar-refractivity contribution in [3.8, 4) is 5.75 Å². The lowest BCUT2D eigenvalue weighted by molar-refractivity contribution is -0.139. The Hall–Kier alpha value is -1.95. The van der Waals surface area contributed by atoms with E-state index in [9.17, 15) is 14.7 Å². The van der Waals surface area contributed by atoms with Crippen LogP contribution in [0.5, 0.6) is 5.75 Å². The molecule has 2 rings (SSSR count). The van der Waals surface area contributed by atoms with Crippen LogP contribution in [0.4, 0.5) is 0 Å². The van der Waals surface area contributed by atoms with Crippen molar-refractivity contribution in [3.05, 3.63) is 34.7 Å². The van der Waals surface area contributed by atoms with E-state index in [-0.39, 0.29) is 23.0 Å². The van der Waals surface area contributed by atoms with Gasteiger partial charge in [-0.05, 0) is 19.1 Å². The first-order valence-electron chi connectivity index (χ1n) is 6.07. The molecule has 0 aliphatic rings. The number of carbonyl (C=O) groups excluding carboxylic acids is 1. The number of esters is 1. The van der Waals surface area contributed by atoms with Crippen LogP contribution in [0.3, 0.4) is 0 Å². The topological polar surface area (TPSA) is 76.7 Å². The van der Waals surface area contributed by atoms with Gasteiger partial charge in [0.1, 0.15) is 11.8 Å². The Balaban J connectivity index is 2.43. The maximum Gasteiger partial charge on any atom is 0.396 e. The van der Waals surface area contributed by atoms with Crippen LogP contribution in [0.2, 0.25) is 0 Å². The lowest BCUT2D eigenvalue weighted by Crippen LogP contribution is -2.22. The van der Waals surface area contributed by atoms with Crippen LogP contribution < -0.4 is 5.63 Å². The predicted octanol–water partition coefficient (Wildman–Crippen LogP) is 1.67. The van der Waals surface area contributed by atoms with E-state index in [4.69, 9.17) is 9.15 Å². The lowest BCUT2D eigenvalue weighted by atomic mass is 10.2. The fraction of sp³-hybridized carbons (Fsp3) is 0.286. The minimum absolute atomic E-state index is 0.0461. The third-order valence-corrected chi connectivity index (χ3v) is 4.46. The van der Waals surface area contributed by atoms with Crippen molar-refractivity contribution in [2.45, 2.75) is 11.8 Å². The summed E-state index contributed by atoms with van der Waals surface area (Å²) in [6, 6.07) is 6.73. The van der Waals surface area contributed by atoms with Gasteiger partial charge in [0.05, 0.1) is 12.0 Å². The number of hydrogen-bond donors (Lipinski definition) is 1. The summed E-state index contributed by atoms with van der Waals surface area (Å²) >= 11 is 0. The number of rotatable bonds is 4. The molecule has 1 N–H and O–H groups in total. The maximum absolute atomic E-state index is 12.0. The van der Waals surface area contributed by atoms with Crippen molar-refractivity contribution in [1.29, 1.82) is 0 Å². The summed E-state index contributed by atoms with van der Waals surface area (Å²) in [6.45, 7) is 2.00. The molecule has 1 aromatic carbocycles. The number of carbonyl (C=O) groups is 1. The molecule has 0 radical (unpaired) electrons. The van der Waals surface area contributed by atoms with Crippen LogP contribution in [-0.4, -0.2) is 29.7 Å². The van der Waals surface area contributed by atoms with Crippen molar-refractivity contribution < 1.29 is 19.1 Å². The smallest absolute Gasteiger partial charge is 0.396 e. The van der Waals surface area contributed by atoms with Crippen LogP contribution in [0.1, 0.15) is 6.92 Å². The number of para-hydroxylation sites is 1. The molecule has 0 aliphatic carbocycles. The Morgan fingerprint density at radius 3 is 2.80 bits per heavy atom. The second kappa shape index (κ2) is 6.00. The van der Waals surface area contributed by atoms with E-state index in [2.05, 4.69) is 0 Å². The van der Waals surface area contributed by atoms with Gasteiger partial charge >= 0.3 is 11.6 Å². The SMILES string of the molecule is CCOC(=O)C[S+](C)c1c(O)c2ccccc2oc1=O. The van der Waals surface area contributed by atoms with Crippen LogP contribution >= 0.6 is 0 Å². The highest BCUT2D eigenvalue weighted by molar-refractivity contribution is 7.97. The fourth-order valence-electron chi connectivity index (χ4n) is 1.88. The molecule has 6 heteroatoms. The predicted molar refractivity (Wildman–Crippen MR) is 77.2 cm³/mol. The summed E-state index contributed by atoms with van der Waals surface area (Å²) in [6.07, 6.45) is 1.71. The second-order valence-corrected chi connectivity index (χ2v) is 6.12. The van der Waals surface area contributed by atoms with Gasteiger partial charge < -0.3 is 14.3 Å². The molecule has 2 aromatic rings. The summed E-state index contributed by atoms with van der Waals surface area (Å²) in [5.74, 6) is -0.470. The minimum Gasteiger partial charge on any atom is -0.503 e. The average molecular weight is 295 g/mol.